The van der Waals surface area contributed by atoms with Gasteiger partial charge in [0.1, 0.15) is 17.0 Å². The lowest BCUT2D eigenvalue weighted by molar-refractivity contribution is 0.509. The summed E-state index contributed by atoms with van der Waals surface area (Å²) >= 11 is 0. The highest BCUT2D eigenvalue weighted by Gasteiger charge is 2.38. The molecule has 10 rings (SSSR count). The first-order chi connectivity index (χ1) is 24.6. The van der Waals surface area contributed by atoms with Crippen molar-refractivity contribution in [3.63, 3.8) is 0 Å². The lowest BCUT2D eigenvalue weighted by Gasteiger charge is -2.31. The number of aryl methyl sites for hydroxylation is 1. The highest BCUT2D eigenvalue weighted by molar-refractivity contribution is 6.10. The van der Waals surface area contributed by atoms with Crippen molar-refractivity contribution in [3.8, 4) is 11.4 Å². The summed E-state index contributed by atoms with van der Waals surface area (Å²) in [5.74, 6) is 0. The van der Waals surface area contributed by atoms with Crippen molar-refractivity contribution in [1.29, 1.82) is 0 Å². The molecule has 0 saturated heterocycles. The highest BCUT2D eigenvalue weighted by Crippen LogP contribution is 2.46. The van der Waals surface area contributed by atoms with Gasteiger partial charge in [0.25, 0.3) is 0 Å². The van der Waals surface area contributed by atoms with E-state index in [0.717, 1.165) is 96.7 Å². The van der Waals surface area contributed by atoms with Crippen molar-refractivity contribution in [3.05, 3.63) is 163 Å². The molecule has 0 N–H and O–H groups in total. The maximum absolute atomic E-state index is 6.52. The summed E-state index contributed by atoms with van der Waals surface area (Å²) in [4.78, 5) is 23.1. The van der Waals surface area contributed by atoms with Gasteiger partial charge in [0.05, 0.1) is 39.1 Å². The minimum absolute atomic E-state index is 0.449. The SMILES string of the molecule is CC1(c2ccc(N(c3ccccc3)c3cccc4c3oc3ccccc34)cc2)CCc2nc3ccccc3nc2-c2nc3ccccc3nc21. The lowest BCUT2D eigenvalue weighted by Crippen LogP contribution is -2.26. The third kappa shape index (κ3) is 4.42. The predicted molar refractivity (Wildman–Crippen MR) is 201 cm³/mol. The van der Waals surface area contributed by atoms with Gasteiger partial charge in [0.2, 0.25) is 0 Å². The zero-order valence-corrected chi connectivity index (χ0v) is 27.4. The molecule has 0 radical (unpaired) electrons. The van der Waals surface area contributed by atoms with Crippen LogP contribution in [0.1, 0.15) is 30.3 Å². The molecule has 3 heterocycles. The standard InChI is InChI=1S/C44H31N5O/c1-44(27-26-37-40(46-34-17-7-6-16-33(34)45-37)41-43(44)48-36-19-9-8-18-35(36)47-41)28-22-24-30(25-23-28)49(29-12-3-2-4-13-29)38-20-11-15-32-31-14-5-10-21-39(31)50-42(32)38/h2-25H,26-27H2,1H3. The minimum atomic E-state index is -0.449. The van der Waals surface area contributed by atoms with Gasteiger partial charge in [-0.1, -0.05) is 84.9 Å². The van der Waals surface area contributed by atoms with E-state index >= 15 is 0 Å². The van der Waals surface area contributed by atoms with Gasteiger partial charge in [-0.05, 0) is 86.0 Å². The van der Waals surface area contributed by atoms with Gasteiger partial charge in [-0.2, -0.15) is 0 Å². The fourth-order valence-electron chi connectivity index (χ4n) is 7.61. The molecule has 0 aliphatic heterocycles. The molecule has 238 valence electrons. The molecule has 1 atom stereocenters. The maximum Gasteiger partial charge on any atom is 0.159 e. The summed E-state index contributed by atoms with van der Waals surface area (Å²) in [6.45, 7) is 2.29. The molecule has 0 spiro atoms. The Bertz CT molecular complexity index is 2740. The molecular weight excluding hydrogens is 615 g/mol. The fraction of sp³-hybridized carbons (Fsp3) is 0.0909. The number of fused-ring (bicyclic) bond motifs is 8. The highest BCUT2D eigenvalue weighted by atomic mass is 16.3. The van der Waals surface area contributed by atoms with E-state index in [-0.39, 0.29) is 0 Å². The average molecular weight is 646 g/mol. The second-order valence-corrected chi connectivity index (χ2v) is 13.2. The molecule has 1 aliphatic carbocycles. The van der Waals surface area contributed by atoms with E-state index in [2.05, 4.69) is 90.7 Å². The van der Waals surface area contributed by atoms with Crippen LogP contribution in [0.5, 0.6) is 0 Å². The van der Waals surface area contributed by atoms with Gasteiger partial charge in [-0.25, -0.2) is 19.9 Å². The van der Waals surface area contributed by atoms with Gasteiger partial charge >= 0.3 is 0 Å². The van der Waals surface area contributed by atoms with E-state index in [1.165, 1.54) is 5.56 Å². The quantitative estimate of drug-likeness (QED) is 0.190. The largest absolute Gasteiger partial charge is 0.454 e. The molecule has 6 nitrogen and oxygen atoms in total. The first-order valence-electron chi connectivity index (χ1n) is 17.0. The summed E-state index contributed by atoms with van der Waals surface area (Å²) in [6, 6.07) is 50.2. The number of hydrogen-bond donors (Lipinski definition) is 0. The molecule has 0 fully saturated rings. The molecule has 0 amide bonds. The maximum atomic E-state index is 6.52. The third-order valence-corrected chi connectivity index (χ3v) is 10.2. The Balaban J connectivity index is 1.14. The zero-order valence-electron chi connectivity index (χ0n) is 27.4. The fourth-order valence-corrected chi connectivity index (χ4v) is 7.61. The molecule has 6 heteroatoms. The molecule has 0 bridgehead atoms. The van der Waals surface area contributed by atoms with Crippen molar-refractivity contribution >= 4 is 61.1 Å². The number of rotatable bonds is 4. The van der Waals surface area contributed by atoms with Gasteiger partial charge in [-0.3, -0.25) is 0 Å². The Hall–Kier alpha value is -6.40. The smallest absolute Gasteiger partial charge is 0.159 e. The van der Waals surface area contributed by atoms with Gasteiger partial charge in [-0.15, -0.1) is 0 Å². The van der Waals surface area contributed by atoms with Crippen LogP contribution in [0.2, 0.25) is 0 Å². The Kier molecular flexibility index (Phi) is 6.33. The molecule has 1 unspecified atom stereocenters. The number of benzene rings is 6. The van der Waals surface area contributed by atoms with E-state index in [1.807, 2.05) is 66.7 Å². The second-order valence-electron chi connectivity index (χ2n) is 13.2. The molecule has 0 saturated carbocycles. The number of nitrogens with zero attached hydrogens (tertiary/aromatic N) is 5. The summed E-state index contributed by atoms with van der Waals surface area (Å²) in [6.07, 6.45) is 1.57. The first-order valence-corrected chi connectivity index (χ1v) is 17.0. The predicted octanol–water partition coefficient (Wildman–Crippen LogP) is 10.9. The van der Waals surface area contributed by atoms with E-state index in [0.29, 0.717) is 0 Å². The van der Waals surface area contributed by atoms with Crippen LogP contribution in [0.3, 0.4) is 0 Å². The number of hydrogen-bond acceptors (Lipinski definition) is 6. The van der Waals surface area contributed by atoms with Crippen LogP contribution < -0.4 is 4.90 Å². The summed E-state index contributed by atoms with van der Waals surface area (Å²) in [7, 11) is 0. The van der Waals surface area contributed by atoms with Crippen LogP contribution in [0.15, 0.2) is 150 Å². The van der Waals surface area contributed by atoms with Crippen molar-refractivity contribution < 1.29 is 4.42 Å². The average Bonchev–Trinajstić information content (AvgIpc) is 3.51. The summed E-state index contributed by atoms with van der Waals surface area (Å²) < 4.78 is 6.52. The van der Waals surface area contributed by atoms with Crippen LogP contribution in [0.25, 0.3) is 55.4 Å². The normalized spacial score (nSPS) is 15.6. The third-order valence-electron chi connectivity index (χ3n) is 10.2. The topological polar surface area (TPSA) is 67.9 Å². The molecule has 1 aliphatic rings. The van der Waals surface area contributed by atoms with Crippen LogP contribution in [-0.2, 0) is 11.8 Å². The van der Waals surface area contributed by atoms with Gasteiger partial charge < -0.3 is 9.32 Å². The van der Waals surface area contributed by atoms with E-state index in [9.17, 15) is 0 Å². The van der Waals surface area contributed by atoms with Crippen molar-refractivity contribution in [2.45, 2.75) is 25.2 Å². The molecule has 3 aromatic heterocycles. The van der Waals surface area contributed by atoms with Crippen LogP contribution >= 0.6 is 0 Å². The van der Waals surface area contributed by atoms with E-state index < -0.39 is 5.41 Å². The van der Waals surface area contributed by atoms with Gasteiger partial charge in [0, 0.05) is 27.6 Å². The van der Waals surface area contributed by atoms with E-state index in [1.54, 1.807) is 0 Å². The van der Waals surface area contributed by atoms with Crippen molar-refractivity contribution in [2.24, 2.45) is 0 Å². The van der Waals surface area contributed by atoms with Crippen LogP contribution in [-0.4, -0.2) is 19.9 Å². The van der Waals surface area contributed by atoms with Gasteiger partial charge in [0.15, 0.2) is 5.58 Å². The number of para-hydroxylation sites is 7. The Morgan fingerprint density at radius 1 is 0.540 bits per heavy atom. The molecule has 9 aromatic rings. The summed E-state index contributed by atoms with van der Waals surface area (Å²) in [5, 5.41) is 2.21. The molecular formula is C44H31N5O. The zero-order chi connectivity index (χ0) is 33.2. The Labute approximate surface area is 288 Å². The summed E-state index contributed by atoms with van der Waals surface area (Å²) in [5.41, 5.74) is 12.5. The van der Waals surface area contributed by atoms with Crippen molar-refractivity contribution in [1.82, 2.24) is 19.9 Å². The molecule has 6 aromatic carbocycles. The number of anilines is 3. The Morgan fingerprint density at radius 2 is 1.14 bits per heavy atom. The number of aromatic nitrogens is 4. The van der Waals surface area contributed by atoms with Crippen LogP contribution in [0, 0.1) is 0 Å². The second kappa shape index (κ2) is 11.1. The Morgan fingerprint density at radius 3 is 1.90 bits per heavy atom. The molecule has 50 heavy (non-hydrogen) atoms. The van der Waals surface area contributed by atoms with Crippen molar-refractivity contribution in [2.75, 3.05) is 4.90 Å². The number of furan rings is 1. The lowest BCUT2D eigenvalue weighted by atomic mass is 9.75. The van der Waals surface area contributed by atoms with Crippen LogP contribution in [0.4, 0.5) is 17.1 Å². The first kappa shape index (κ1) is 28.6. The van der Waals surface area contributed by atoms with E-state index in [4.69, 9.17) is 24.4 Å². The monoisotopic (exact) mass is 645 g/mol. The minimum Gasteiger partial charge on any atom is -0.454 e.